The van der Waals surface area contributed by atoms with Gasteiger partial charge in [-0.2, -0.15) is 0 Å². The number of nitrogens with zero attached hydrogens (tertiary/aromatic N) is 1. The van der Waals surface area contributed by atoms with Crippen molar-refractivity contribution in [3.63, 3.8) is 0 Å². The van der Waals surface area contributed by atoms with Gasteiger partial charge in [0.15, 0.2) is 0 Å². The summed E-state index contributed by atoms with van der Waals surface area (Å²) in [4.78, 5) is 4.87. The standard InChI is InChI=1S/C12H17NO/c1-4-10(2)12(13-14-3)11-8-6-5-7-9-11/h5-10H,4H2,1-3H3. The summed E-state index contributed by atoms with van der Waals surface area (Å²) in [5, 5.41) is 4.08. The third-order valence-corrected chi connectivity index (χ3v) is 2.34. The van der Waals surface area contributed by atoms with Gasteiger partial charge < -0.3 is 4.84 Å². The molecule has 0 saturated carbocycles. The van der Waals surface area contributed by atoms with Gasteiger partial charge in [0.05, 0.1) is 5.71 Å². The fraction of sp³-hybridized carbons (Fsp3) is 0.417. The van der Waals surface area contributed by atoms with Gasteiger partial charge in [-0.15, -0.1) is 0 Å². The second kappa shape index (κ2) is 5.43. The Morgan fingerprint density at radius 1 is 1.36 bits per heavy atom. The zero-order chi connectivity index (χ0) is 10.4. The van der Waals surface area contributed by atoms with Crippen LogP contribution in [0.25, 0.3) is 0 Å². The van der Waals surface area contributed by atoms with Crippen molar-refractivity contribution in [3.05, 3.63) is 35.9 Å². The minimum atomic E-state index is 0.428. The van der Waals surface area contributed by atoms with E-state index in [1.165, 1.54) is 0 Å². The fourth-order valence-electron chi connectivity index (χ4n) is 1.33. The molecule has 1 aromatic rings. The van der Waals surface area contributed by atoms with E-state index in [1.807, 2.05) is 18.2 Å². The molecule has 1 atom stereocenters. The van der Waals surface area contributed by atoms with Gasteiger partial charge in [-0.1, -0.05) is 49.3 Å². The first kappa shape index (κ1) is 10.8. The first-order valence-electron chi connectivity index (χ1n) is 4.96. The maximum absolute atomic E-state index is 4.87. The maximum Gasteiger partial charge on any atom is 0.106 e. The van der Waals surface area contributed by atoms with Gasteiger partial charge in [0.25, 0.3) is 0 Å². The zero-order valence-electron chi connectivity index (χ0n) is 9.03. The van der Waals surface area contributed by atoms with Crippen LogP contribution in [0.1, 0.15) is 25.8 Å². The van der Waals surface area contributed by atoms with E-state index in [9.17, 15) is 0 Å². The molecule has 0 radical (unpaired) electrons. The molecule has 0 fully saturated rings. The highest BCUT2D eigenvalue weighted by Crippen LogP contribution is 2.12. The summed E-state index contributed by atoms with van der Waals surface area (Å²) in [6.45, 7) is 4.31. The van der Waals surface area contributed by atoms with E-state index in [0.717, 1.165) is 17.7 Å². The van der Waals surface area contributed by atoms with Crippen LogP contribution in [0, 0.1) is 5.92 Å². The van der Waals surface area contributed by atoms with E-state index < -0.39 is 0 Å². The van der Waals surface area contributed by atoms with Crippen LogP contribution in [-0.2, 0) is 4.84 Å². The molecule has 0 saturated heterocycles. The molecule has 0 aromatic heterocycles. The van der Waals surface area contributed by atoms with Gasteiger partial charge >= 0.3 is 0 Å². The quantitative estimate of drug-likeness (QED) is 0.529. The van der Waals surface area contributed by atoms with Crippen LogP contribution >= 0.6 is 0 Å². The van der Waals surface area contributed by atoms with Gasteiger partial charge in [0, 0.05) is 5.92 Å². The van der Waals surface area contributed by atoms with Gasteiger partial charge in [-0.3, -0.25) is 0 Å². The lowest BCUT2D eigenvalue weighted by Crippen LogP contribution is -2.12. The molecular formula is C12H17NO. The molecule has 2 heteroatoms. The molecule has 2 nitrogen and oxygen atoms in total. The Labute approximate surface area is 85.6 Å². The third-order valence-electron chi connectivity index (χ3n) is 2.34. The first-order chi connectivity index (χ1) is 6.79. The summed E-state index contributed by atoms with van der Waals surface area (Å²) in [5.74, 6) is 0.428. The Kier molecular flexibility index (Phi) is 4.17. The molecule has 0 amide bonds. The number of benzene rings is 1. The Morgan fingerprint density at radius 2 is 2.00 bits per heavy atom. The summed E-state index contributed by atoms with van der Waals surface area (Å²) >= 11 is 0. The number of rotatable bonds is 4. The normalized spacial score (nSPS) is 13.8. The molecule has 0 spiro atoms. The Hall–Kier alpha value is -1.31. The van der Waals surface area contributed by atoms with Crippen molar-refractivity contribution >= 4 is 5.71 Å². The number of hydrogen-bond donors (Lipinski definition) is 0. The van der Waals surface area contributed by atoms with Crippen LogP contribution in [0.2, 0.25) is 0 Å². The SMILES string of the molecule is CCC(C)C(=NOC)c1ccccc1. The highest BCUT2D eigenvalue weighted by atomic mass is 16.6. The predicted octanol–water partition coefficient (Wildman–Crippen LogP) is 3.08. The van der Waals surface area contributed by atoms with E-state index in [-0.39, 0.29) is 0 Å². The van der Waals surface area contributed by atoms with E-state index in [0.29, 0.717) is 5.92 Å². The van der Waals surface area contributed by atoms with Gasteiger partial charge in [0.1, 0.15) is 7.11 Å². The van der Waals surface area contributed by atoms with Crippen molar-refractivity contribution in [1.82, 2.24) is 0 Å². The van der Waals surface area contributed by atoms with E-state index in [1.54, 1.807) is 7.11 Å². The van der Waals surface area contributed by atoms with Crippen LogP contribution in [0.3, 0.4) is 0 Å². The van der Waals surface area contributed by atoms with Crippen LogP contribution in [0.4, 0.5) is 0 Å². The second-order valence-electron chi connectivity index (χ2n) is 3.33. The van der Waals surface area contributed by atoms with Gasteiger partial charge in [-0.05, 0) is 12.0 Å². The summed E-state index contributed by atoms with van der Waals surface area (Å²) in [6.07, 6.45) is 1.07. The molecule has 0 aliphatic carbocycles. The van der Waals surface area contributed by atoms with E-state index in [2.05, 4.69) is 31.1 Å². The van der Waals surface area contributed by atoms with Crippen LogP contribution in [-0.4, -0.2) is 12.8 Å². The minimum absolute atomic E-state index is 0.428. The highest BCUT2D eigenvalue weighted by molar-refractivity contribution is 6.01. The van der Waals surface area contributed by atoms with Crippen molar-refractivity contribution in [3.8, 4) is 0 Å². The fourth-order valence-corrected chi connectivity index (χ4v) is 1.33. The highest BCUT2D eigenvalue weighted by Gasteiger charge is 2.11. The second-order valence-corrected chi connectivity index (χ2v) is 3.33. The number of hydrogen-bond acceptors (Lipinski definition) is 2. The average molecular weight is 191 g/mol. The van der Waals surface area contributed by atoms with Crippen LogP contribution < -0.4 is 0 Å². The van der Waals surface area contributed by atoms with Crippen LogP contribution in [0.5, 0.6) is 0 Å². The lowest BCUT2D eigenvalue weighted by molar-refractivity contribution is 0.211. The molecule has 0 heterocycles. The molecule has 0 aliphatic rings. The van der Waals surface area contributed by atoms with Crippen LogP contribution in [0.15, 0.2) is 35.5 Å². The van der Waals surface area contributed by atoms with Gasteiger partial charge in [0.2, 0.25) is 0 Å². The minimum Gasteiger partial charge on any atom is -0.399 e. The first-order valence-corrected chi connectivity index (χ1v) is 4.96. The Balaban J connectivity index is 2.95. The summed E-state index contributed by atoms with van der Waals surface area (Å²) in [5.41, 5.74) is 2.17. The lowest BCUT2D eigenvalue weighted by atomic mass is 9.96. The lowest BCUT2D eigenvalue weighted by Gasteiger charge is -2.11. The smallest absolute Gasteiger partial charge is 0.106 e. The van der Waals surface area contributed by atoms with Crippen molar-refractivity contribution < 1.29 is 4.84 Å². The predicted molar refractivity (Wildman–Crippen MR) is 59.4 cm³/mol. The molecule has 1 rings (SSSR count). The summed E-state index contributed by atoms with van der Waals surface area (Å²) in [6, 6.07) is 10.2. The summed E-state index contributed by atoms with van der Waals surface area (Å²) in [7, 11) is 1.59. The third kappa shape index (κ3) is 2.59. The monoisotopic (exact) mass is 191 g/mol. The molecule has 14 heavy (non-hydrogen) atoms. The van der Waals surface area contributed by atoms with Crippen molar-refractivity contribution in [2.45, 2.75) is 20.3 Å². The molecule has 1 aromatic carbocycles. The van der Waals surface area contributed by atoms with Crippen molar-refractivity contribution in [2.75, 3.05) is 7.11 Å². The molecule has 0 aliphatic heterocycles. The summed E-state index contributed by atoms with van der Waals surface area (Å²) < 4.78 is 0. The molecular weight excluding hydrogens is 174 g/mol. The van der Waals surface area contributed by atoms with Crippen molar-refractivity contribution in [2.24, 2.45) is 11.1 Å². The average Bonchev–Trinajstić information content (AvgIpc) is 2.26. The molecule has 0 N–H and O–H groups in total. The number of oxime groups is 1. The van der Waals surface area contributed by atoms with E-state index in [4.69, 9.17) is 4.84 Å². The Bertz CT molecular complexity index is 292. The molecule has 76 valence electrons. The molecule has 0 bridgehead atoms. The topological polar surface area (TPSA) is 21.6 Å². The maximum atomic E-state index is 4.87. The van der Waals surface area contributed by atoms with Crippen molar-refractivity contribution in [1.29, 1.82) is 0 Å². The van der Waals surface area contributed by atoms with Gasteiger partial charge in [-0.25, -0.2) is 0 Å². The largest absolute Gasteiger partial charge is 0.399 e. The van der Waals surface area contributed by atoms with E-state index >= 15 is 0 Å². The Morgan fingerprint density at radius 3 is 2.50 bits per heavy atom. The zero-order valence-corrected chi connectivity index (χ0v) is 9.03. The molecule has 1 unspecified atom stereocenters.